The molecule has 1 aromatic rings. The van der Waals surface area contributed by atoms with Gasteiger partial charge in [0.25, 0.3) is 0 Å². The molecule has 1 unspecified atom stereocenters. The predicted octanol–water partition coefficient (Wildman–Crippen LogP) is 1.86. The molecule has 5 heteroatoms. The van der Waals surface area contributed by atoms with E-state index in [4.69, 9.17) is 10.5 Å². The molecule has 18 heavy (non-hydrogen) atoms. The van der Waals surface area contributed by atoms with Gasteiger partial charge in [0.2, 0.25) is 5.91 Å². The summed E-state index contributed by atoms with van der Waals surface area (Å²) in [6, 6.07) is 7.18. The minimum Gasteiger partial charge on any atom is -0.496 e. The second-order valence-electron chi connectivity index (χ2n) is 3.92. The van der Waals surface area contributed by atoms with Crippen LogP contribution in [0, 0.1) is 0 Å². The average Bonchev–Trinajstić information content (AvgIpc) is 2.36. The molecule has 0 saturated heterocycles. The van der Waals surface area contributed by atoms with Gasteiger partial charge in [0, 0.05) is 12.1 Å². The van der Waals surface area contributed by atoms with Gasteiger partial charge in [0.15, 0.2) is 0 Å². The van der Waals surface area contributed by atoms with Crippen LogP contribution in [0.25, 0.3) is 0 Å². The van der Waals surface area contributed by atoms with Gasteiger partial charge in [-0.1, -0.05) is 31.5 Å². The van der Waals surface area contributed by atoms with E-state index in [1.54, 1.807) is 7.11 Å². The molecule has 0 aliphatic carbocycles. The smallest absolute Gasteiger partial charge is 0.237 e. The second kappa shape index (κ2) is 8.78. The standard InChI is InChI=1S/C13H20N2O2.ClH/c1-3-6-11(14)13(16)15-9-10-7-4-5-8-12(10)17-2;/h4-5,7-8,11H,3,6,9,14H2,1-2H3,(H,15,16);1H. The number of methoxy groups -OCH3 is 1. The molecule has 0 saturated carbocycles. The van der Waals surface area contributed by atoms with Crippen LogP contribution in [0.3, 0.4) is 0 Å². The van der Waals surface area contributed by atoms with Crippen LogP contribution in [0.5, 0.6) is 5.75 Å². The zero-order chi connectivity index (χ0) is 12.7. The number of nitrogens with two attached hydrogens (primary N) is 1. The highest BCUT2D eigenvalue weighted by Crippen LogP contribution is 2.16. The lowest BCUT2D eigenvalue weighted by atomic mass is 10.1. The molecule has 0 aromatic heterocycles. The second-order valence-corrected chi connectivity index (χ2v) is 3.92. The summed E-state index contributed by atoms with van der Waals surface area (Å²) in [5.74, 6) is 0.662. The van der Waals surface area contributed by atoms with Crippen LogP contribution in [-0.4, -0.2) is 19.1 Å². The normalized spacial score (nSPS) is 11.3. The third kappa shape index (κ3) is 4.94. The quantitative estimate of drug-likeness (QED) is 0.831. The van der Waals surface area contributed by atoms with Gasteiger partial charge in [-0.2, -0.15) is 0 Å². The van der Waals surface area contributed by atoms with E-state index >= 15 is 0 Å². The summed E-state index contributed by atoms with van der Waals surface area (Å²) in [6.45, 7) is 2.45. The lowest BCUT2D eigenvalue weighted by Crippen LogP contribution is -2.40. The molecule has 4 nitrogen and oxygen atoms in total. The van der Waals surface area contributed by atoms with Crippen molar-refractivity contribution in [2.75, 3.05) is 7.11 Å². The van der Waals surface area contributed by atoms with Crippen molar-refractivity contribution in [3.05, 3.63) is 29.8 Å². The maximum Gasteiger partial charge on any atom is 0.237 e. The highest BCUT2D eigenvalue weighted by Gasteiger charge is 2.12. The van der Waals surface area contributed by atoms with Gasteiger partial charge in [-0.15, -0.1) is 12.4 Å². The van der Waals surface area contributed by atoms with Crippen LogP contribution >= 0.6 is 12.4 Å². The highest BCUT2D eigenvalue weighted by atomic mass is 35.5. The summed E-state index contributed by atoms with van der Waals surface area (Å²) in [5.41, 5.74) is 6.67. The van der Waals surface area contributed by atoms with Gasteiger partial charge >= 0.3 is 0 Å². The van der Waals surface area contributed by atoms with Gasteiger partial charge < -0.3 is 15.8 Å². The van der Waals surface area contributed by atoms with E-state index in [1.165, 1.54) is 0 Å². The van der Waals surface area contributed by atoms with Crippen molar-refractivity contribution < 1.29 is 9.53 Å². The van der Waals surface area contributed by atoms with Gasteiger partial charge in [0.05, 0.1) is 13.2 Å². The molecule has 0 fully saturated rings. The van der Waals surface area contributed by atoms with Crippen molar-refractivity contribution in [1.82, 2.24) is 5.32 Å². The Morgan fingerprint density at radius 1 is 1.44 bits per heavy atom. The lowest BCUT2D eigenvalue weighted by Gasteiger charge is -2.12. The topological polar surface area (TPSA) is 64.4 Å². The van der Waals surface area contributed by atoms with Gasteiger partial charge in [-0.25, -0.2) is 0 Å². The summed E-state index contributed by atoms with van der Waals surface area (Å²) in [5, 5.41) is 2.81. The largest absolute Gasteiger partial charge is 0.496 e. The molecule has 1 rings (SSSR count). The van der Waals surface area contributed by atoms with Crippen LogP contribution in [0.4, 0.5) is 0 Å². The van der Waals surface area contributed by atoms with Crippen molar-refractivity contribution >= 4 is 18.3 Å². The summed E-state index contributed by atoms with van der Waals surface area (Å²) in [4.78, 5) is 11.6. The molecule has 0 aliphatic rings. The molecule has 1 amide bonds. The summed E-state index contributed by atoms with van der Waals surface area (Å²) >= 11 is 0. The molecule has 0 aliphatic heterocycles. The zero-order valence-electron chi connectivity index (χ0n) is 10.8. The number of rotatable bonds is 6. The number of amides is 1. The molecule has 0 spiro atoms. The van der Waals surface area contributed by atoms with E-state index < -0.39 is 6.04 Å². The van der Waals surface area contributed by atoms with Gasteiger partial charge in [-0.05, 0) is 12.5 Å². The van der Waals surface area contributed by atoms with Gasteiger partial charge in [-0.3, -0.25) is 4.79 Å². The Bertz CT molecular complexity index is 372. The Labute approximate surface area is 114 Å². The number of hydrogen-bond acceptors (Lipinski definition) is 3. The van der Waals surface area contributed by atoms with Crippen molar-refractivity contribution in [3.8, 4) is 5.75 Å². The monoisotopic (exact) mass is 272 g/mol. The molecule has 1 aromatic carbocycles. The summed E-state index contributed by atoms with van der Waals surface area (Å²) in [6.07, 6.45) is 1.61. The van der Waals surface area contributed by atoms with Crippen molar-refractivity contribution in [1.29, 1.82) is 0 Å². The number of carbonyl (C=O) groups excluding carboxylic acids is 1. The van der Waals surface area contributed by atoms with Crippen LogP contribution in [0.1, 0.15) is 25.3 Å². The van der Waals surface area contributed by atoms with Crippen LogP contribution in [0.15, 0.2) is 24.3 Å². The lowest BCUT2D eigenvalue weighted by molar-refractivity contribution is -0.122. The number of halogens is 1. The first-order valence-electron chi connectivity index (χ1n) is 5.84. The molecule has 3 N–H and O–H groups in total. The molecular formula is C13H21ClN2O2. The summed E-state index contributed by atoms with van der Waals surface area (Å²) in [7, 11) is 1.61. The summed E-state index contributed by atoms with van der Waals surface area (Å²) < 4.78 is 5.20. The number of benzene rings is 1. The Morgan fingerprint density at radius 2 is 2.11 bits per heavy atom. The Hall–Kier alpha value is -1.26. The van der Waals surface area contributed by atoms with E-state index in [-0.39, 0.29) is 18.3 Å². The fraction of sp³-hybridized carbons (Fsp3) is 0.462. The van der Waals surface area contributed by atoms with E-state index in [1.807, 2.05) is 31.2 Å². The minimum absolute atomic E-state index is 0. The SMILES string of the molecule is CCCC(N)C(=O)NCc1ccccc1OC.Cl. The number of para-hydroxylation sites is 1. The minimum atomic E-state index is -0.422. The zero-order valence-corrected chi connectivity index (χ0v) is 11.6. The predicted molar refractivity (Wildman–Crippen MR) is 75.0 cm³/mol. The van der Waals surface area contributed by atoms with Gasteiger partial charge in [0.1, 0.15) is 5.75 Å². The average molecular weight is 273 g/mol. The molecular weight excluding hydrogens is 252 g/mol. The van der Waals surface area contributed by atoms with Crippen molar-refractivity contribution in [3.63, 3.8) is 0 Å². The van der Waals surface area contributed by atoms with E-state index in [0.717, 1.165) is 17.7 Å². The van der Waals surface area contributed by atoms with Crippen LogP contribution in [0.2, 0.25) is 0 Å². The maximum atomic E-state index is 11.6. The molecule has 1 atom stereocenters. The number of carbonyl (C=O) groups is 1. The fourth-order valence-electron chi connectivity index (χ4n) is 1.60. The third-order valence-electron chi connectivity index (χ3n) is 2.58. The molecule has 0 heterocycles. The van der Waals surface area contributed by atoms with Crippen LogP contribution < -0.4 is 15.8 Å². The fourth-order valence-corrected chi connectivity index (χ4v) is 1.60. The first-order valence-corrected chi connectivity index (χ1v) is 5.84. The van der Waals surface area contributed by atoms with E-state index in [9.17, 15) is 4.79 Å². The highest BCUT2D eigenvalue weighted by molar-refractivity contribution is 5.85. The molecule has 0 bridgehead atoms. The van der Waals surface area contributed by atoms with Crippen LogP contribution in [-0.2, 0) is 11.3 Å². The molecule has 102 valence electrons. The molecule has 0 radical (unpaired) electrons. The first-order chi connectivity index (χ1) is 8.19. The number of ether oxygens (including phenoxy) is 1. The Kier molecular flexibility index (Phi) is 8.16. The number of hydrogen-bond donors (Lipinski definition) is 2. The van der Waals surface area contributed by atoms with E-state index in [2.05, 4.69) is 5.32 Å². The number of nitrogens with one attached hydrogen (secondary N) is 1. The first kappa shape index (κ1) is 16.7. The third-order valence-corrected chi connectivity index (χ3v) is 2.58. The Balaban J connectivity index is 0.00000289. The van der Waals surface area contributed by atoms with Crippen molar-refractivity contribution in [2.24, 2.45) is 5.73 Å². The van der Waals surface area contributed by atoms with Crippen molar-refractivity contribution in [2.45, 2.75) is 32.4 Å². The Morgan fingerprint density at radius 3 is 2.72 bits per heavy atom. The van der Waals surface area contributed by atoms with E-state index in [0.29, 0.717) is 13.0 Å². The maximum absolute atomic E-state index is 11.6.